The average molecular weight is 368 g/mol. The summed E-state index contributed by atoms with van der Waals surface area (Å²) in [5, 5.41) is 14.7. The summed E-state index contributed by atoms with van der Waals surface area (Å²) in [5.74, 6) is -1.47. The van der Waals surface area contributed by atoms with E-state index in [1.807, 2.05) is 18.2 Å². The highest BCUT2D eigenvalue weighted by Gasteiger charge is 2.25. The maximum atomic E-state index is 12.5. The van der Waals surface area contributed by atoms with Crippen molar-refractivity contribution in [3.8, 4) is 0 Å². The number of carbonyl (C=O) groups is 3. The molecule has 0 radical (unpaired) electrons. The maximum absolute atomic E-state index is 12.5. The first-order valence-corrected chi connectivity index (χ1v) is 8.65. The van der Waals surface area contributed by atoms with Crippen LogP contribution in [0, 0.1) is 0 Å². The maximum Gasteiger partial charge on any atom is 0.354 e. The molecule has 0 aliphatic carbocycles. The lowest BCUT2D eigenvalue weighted by Crippen LogP contribution is -2.47. The molecule has 2 heterocycles. The molecule has 1 saturated heterocycles. The summed E-state index contributed by atoms with van der Waals surface area (Å²) >= 11 is 0. The van der Waals surface area contributed by atoms with Crippen LogP contribution in [0.4, 0.5) is 10.5 Å². The Balaban J connectivity index is 1.51. The third-order valence-electron chi connectivity index (χ3n) is 4.34. The molecule has 0 saturated carbocycles. The van der Waals surface area contributed by atoms with E-state index in [4.69, 9.17) is 5.11 Å². The van der Waals surface area contributed by atoms with E-state index in [2.05, 4.69) is 15.6 Å². The minimum atomic E-state index is -1.17. The molecule has 0 bridgehead atoms. The zero-order valence-corrected chi connectivity index (χ0v) is 14.6. The summed E-state index contributed by atoms with van der Waals surface area (Å²) in [7, 11) is 0. The molecule has 1 fully saturated rings. The monoisotopic (exact) mass is 368 g/mol. The van der Waals surface area contributed by atoms with Crippen molar-refractivity contribution in [2.45, 2.75) is 18.9 Å². The minimum absolute atomic E-state index is 0.0314. The van der Waals surface area contributed by atoms with E-state index < -0.39 is 5.97 Å². The highest BCUT2D eigenvalue weighted by molar-refractivity contribution is 5.94. The first-order chi connectivity index (χ1) is 13.0. The number of rotatable bonds is 4. The van der Waals surface area contributed by atoms with Gasteiger partial charge in [0.15, 0.2) is 0 Å². The number of hydrogen-bond donors (Lipinski definition) is 3. The fourth-order valence-corrected chi connectivity index (χ4v) is 2.94. The van der Waals surface area contributed by atoms with E-state index in [1.165, 1.54) is 18.2 Å². The number of nitrogens with zero attached hydrogens (tertiary/aromatic N) is 2. The molecule has 27 heavy (non-hydrogen) atoms. The smallest absolute Gasteiger partial charge is 0.354 e. The standard InChI is InChI=1S/C19H20N4O4/c24-17(15-7-4-8-16(22-15)18(25)26)23-11-9-14(10-12-23)21-19(27)20-13-5-2-1-3-6-13/h1-8,14H,9-12H2,(H,25,26)(H2,20,21,27). The van der Waals surface area contributed by atoms with E-state index >= 15 is 0 Å². The van der Waals surface area contributed by atoms with Gasteiger partial charge >= 0.3 is 12.0 Å². The number of piperidine rings is 1. The van der Waals surface area contributed by atoms with Crippen molar-refractivity contribution in [3.63, 3.8) is 0 Å². The Kier molecular flexibility index (Phi) is 5.65. The molecule has 2 aromatic rings. The van der Waals surface area contributed by atoms with Crippen molar-refractivity contribution in [1.29, 1.82) is 0 Å². The van der Waals surface area contributed by atoms with Crippen LogP contribution in [0.2, 0.25) is 0 Å². The Morgan fingerprint density at radius 3 is 2.30 bits per heavy atom. The van der Waals surface area contributed by atoms with Crippen LogP contribution in [-0.4, -0.2) is 52.0 Å². The lowest BCUT2D eigenvalue weighted by molar-refractivity contribution is 0.0688. The van der Waals surface area contributed by atoms with Gasteiger partial charge in [-0.05, 0) is 37.1 Å². The van der Waals surface area contributed by atoms with Crippen molar-refractivity contribution < 1.29 is 19.5 Å². The number of aromatic carboxylic acids is 1. The number of carbonyl (C=O) groups excluding carboxylic acids is 2. The topological polar surface area (TPSA) is 112 Å². The lowest BCUT2D eigenvalue weighted by Gasteiger charge is -2.32. The van der Waals surface area contributed by atoms with Gasteiger partial charge in [-0.1, -0.05) is 24.3 Å². The minimum Gasteiger partial charge on any atom is -0.477 e. The Morgan fingerprint density at radius 1 is 0.963 bits per heavy atom. The zero-order chi connectivity index (χ0) is 19.2. The molecular formula is C19H20N4O4. The van der Waals surface area contributed by atoms with Crippen molar-refractivity contribution in [1.82, 2.24) is 15.2 Å². The molecule has 1 aromatic heterocycles. The number of nitrogens with one attached hydrogen (secondary N) is 2. The molecule has 0 spiro atoms. The molecular weight excluding hydrogens is 348 g/mol. The fourth-order valence-electron chi connectivity index (χ4n) is 2.94. The molecule has 3 N–H and O–H groups in total. The van der Waals surface area contributed by atoms with Crippen molar-refractivity contribution in [2.75, 3.05) is 18.4 Å². The van der Waals surface area contributed by atoms with Gasteiger partial charge in [-0.15, -0.1) is 0 Å². The fraction of sp³-hybridized carbons (Fsp3) is 0.263. The Hall–Kier alpha value is -3.42. The van der Waals surface area contributed by atoms with Gasteiger partial charge in [-0.25, -0.2) is 14.6 Å². The van der Waals surface area contributed by atoms with Gasteiger partial charge in [-0.3, -0.25) is 4.79 Å². The zero-order valence-electron chi connectivity index (χ0n) is 14.6. The van der Waals surface area contributed by atoms with Crippen molar-refractivity contribution >= 4 is 23.6 Å². The number of benzene rings is 1. The molecule has 1 aliphatic heterocycles. The third kappa shape index (κ3) is 4.81. The van der Waals surface area contributed by atoms with Crippen LogP contribution >= 0.6 is 0 Å². The van der Waals surface area contributed by atoms with Gasteiger partial charge in [0.25, 0.3) is 5.91 Å². The van der Waals surface area contributed by atoms with Crippen molar-refractivity contribution in [3.05, 3.63) is 59.9 Å². The SMILES string of the molecule is O=C(Nc1ccccc1)NC1CCN(C(=O)c2cccc(C(=O)O)n2)CC1. The second-order valence-corrected chi connectivity index (χ2v) is 6.24. The molecule has 8 heteroatoms. The molecule has 1 aliphatic rings. The summed E-state index contributed by atoms with van der Waals surface area (Å²) in [6, 6.07) is 13.2. The number of hydrogen-bond acceptors (Lipinski definition) is 4. The van der Waals surface area contributed by atoms with E-state index in [1.54, 1.807) is 17.0 Å². The van der Waals surface area contributed by atoms with E-state index in [9.17, 15) is 14.4 Å². The Morgan fingerprint density at radius 2 is 1.63 bits per heavy atom. The second kappa shape index (κ2) is 8.31. The van der Waals surface area contributed by atoms with E-state index in [0.29, 0.717) is 31.6 Å². The number of urea groups is 1. The first kappa shape index (κ1) is 18.4. The molecule has 3 rings (SSSR count). The van der Waals surface area contributed by atoms with Gasteiger partial charge in [0.1, 0.15) is 11.4 Å². The molecule has 3 amide bonds. The quantitative estimate of drug-likeness (QED) is 0.766. The van der Waals surface area contributed by atoms with E-state index in [0.717, 1.165) is 0 Å². The number of pyridine rings is 1. The summed E-state index contributed by atoms with van der Waals surface area (Å²) in [4.78, 5) is 41.1. The van der Waals surface area contributed by atoms with Gasteiger partial charge in [0, 0.05) is 24.8 Å². The van der Waals surface area contributed by atoms with Crippen molar-refractivity contribution in [2.24, 2.45) is 0 Å². The first-order valence-electron chi connectivity index (χ1n) is 8.65. The van der Waals surface area contributed by atoms with Gasteiger partial charge in [0.05, 0.1) is 0 Å². The highest BCUT2D eigenvalue weighted by atomic mass is 16.4. The largest absolute Gasteiger partial charge is 0.477 e. The average Bonchev–Trinajstić information content (AvgIpc) is 2.69. The van der Waals surface area contributed by atoms with Crippen LogP contribution in [-0.2, 0) is 0 Å². The number of anilines is 1. The molecule has 0 unspecified atom stereocenters. The summed E-state index contributed by atoms with van der Waals surface area (Å²) in [5.41, 5.74) is 0.671. The lowest BCUT2D eigenvalue weighted by atomic mass is 10.0. The van der Waals surface area contributed by atoms with Gasteiger partial charge in [-0.2, -0.15) is 0 Å². The van der Waals surface area contributed by atoms with Crippen LogP contribution in [0.15, 0.2) is 48.5 Å². The molecule has 140 valence electrons. The van der Waals surface area contributed by atoms with Crippen LogP contribution in [0.3, 0.4) is 0 Å². The molecule has 1 aromatic carbocycles. The summed E-state index contributed by atoms with van der Waals surface area (Å²) in [6.45, 7) is 0.933. The number of para-hydroxylation sites is 1. The number of amides is 3. The summed E-state index contributed by atoms with van der Waals surface area (Å²) in [6.07, 6.45) is 1.24. The molecule has 8 nitrogen and oxygen atoms in total. The van der Waals surface area contributed by atoms with Crippen LogP contribution < -0.4 is 10.6 Å². The van der Waals surface area contributed by atoms with Crippen LogP contribution in [0.25, 0.3) is 0 Å². The van der Waals surface area contributed by atoms with Crippen LogP contribution in [0.1, 0.15) is 33.8 Å². The molecule has 0 atom stereocenters. The van der Waals surface area contributed by atoms with E-state index in [-0.39, 0.29) is 29.4 Å². The number of carboxylic acids is 1. The number of aromatic nitrogens is 1. The van der Waals surface area contributed by atoms with Gasteiger partial charge < -0.3 is 20.6 Å². The normalized spacial score (nSPS) is 14.4. The predicted molar refractivity (Wildman–Crippen MR) is 98.7 cm³/mol. The van der Waals surface area contributed by atoms with Gasteiger partial charge in [0.2, 0.25) is 0 Å². The Bertz CT molecular complexity index is 833. The van der Waals surface area contributed by atoms with Crippen LogP contribution in [0.5, 0.6) is 0 Å². The number of likely N-dealkylation sites (tertiary alicyclic amines) is 1. The second-order valence-electron chi connectivity index (χ2n) is 6.24. The highest BCUT2D eigenvalue weighted by Crippen LogP contribution is 2.14. The third-order valence-corrected chi connectivity index (χ3v) is 4.34. The summed E-state index contributed by atoms with van der Waals surface area (Å²) < 4.78 is 0. The number of carboxylic acid groups (broad SMARTS) is 1. The Labute approximate surface area is 156 Å². The predicted octanol–water partition coefficient (Wildman–Crippen LogP) is 2.21.